The number of likely N-dealkylation sites (N-methyl/N-ethyl adjacent to an activating group) is 1. The Morgan fingerprint density at radius 1 is 0.912 bits per heavy atom. The summed E-state index contributed by atoms with van der Waals surface area (Å²) in [5, 5.41) is 1.07. The molecule has 1 heterocycles. The Morgan fingerprint density at radius 2 is 1.59 bits per heavy atom. The van der Waals surface area contributed by atoms with Crippen LogP contribution in [0.5, 0.6) is 5.75 Å². The third-order valence-electron chi connectivity index (χ3n) is 5.31. The minimum absolute atomic E-state index is 0.0286. The largest absolute Gasteiger partial charge is 0.487 e. The SMILES string of the molecule is CN1CC[C@@H](Oc2cc(S(Cl)(NS(=O)(=O)c3ccccc3)c3cc(Cl)cc(Cl)c3)ccc2Cl)C1. The number of benzene rings is 3. The summed E-state index contributed by atoms with van der Waals surface area (Å²) in [5.41, 5.74) is 0. The highest BCUT2D eigenvalue weighted by Crippen LogP contribution is 2.65. The lowest BCUT2D eigenvalue weighted by Gasteiger charge is -2.34. The molecule has 34 heavy (non-hydrogen) atoms. The van der Waals surface area contributed by atoms with E-state index < -0.39 is 19.5 Å². The van der Waals surface area contributed by atoms with Crippen LogP contribution in [0.1, 0.15) is 6.42 Å². The Labute approximate surface area is 220 Å². The van der Waals surface area contributed by atoms with Gasteiger partial charge in [-0.25, -0.2) is 8.42 Å². The van der Waals surface area contributed by atoms with Crippen LogP contribution in [-0.2, 0) is 10.0 Å². The smallest absolute Gasteiger partial charge is 0.249 e. The van der Waals surface area contributed by atoms with E-state index in [0.29, 0.717) is 30.6 Å². The zero-order chi connectivity index (χ0) is 24.5. The first-order valence-electron chi connectivity index (χ1n) is 10.3. The normalized spacial score (nSPS) is 19.5. The zero-order valence-electron chi connectivity index (χ0n) is 18.0. The molecule has 1 aliphatic heterocycles. The summed E-state index contributed by atoms with van der Waals surface area (Å²) in [4.78, 5) is 3.17. The summed E-state index contributed by atoms with van der Waals surface area (Å²) in [6.45, 7) is 1.69. The lowest BCUT2D eigenvalue weighted by molar-refractivity contribution is 0.208. The highest BCUT2D eigenvalue weighted by atomic mass is 35.7. The van der Waals surface area contributed by atoms with Crippen molar-refractivity contribution in [1.82, 2.24) is 9.03 Å². The van der Waals surface area contributed by atoms with E-state index in [2.05, 4.69) is 9.03 Å². The Hall–Kier alpha value is -1.16. The van der Waals surface area contributed by atoms with E-state index >= 15 is 0 Å². The van der Waals surface area contributed by atoms with E-state index in [1.807, 2.05) is 7.05 Å². The van der Waals surface area contributed by atoms with Crippen LogP contribution in [0.3, 0.4) is 0 Å². The minimum atomic E-state index is -4.00. The minimum Gasteiger partial charge on any atom is -0.487 e. The van der Waals surface area contributed by atoms with Crippen LogP contribution in [-0.4, -0.2) is 39.6 Å². The van der Waals surface area contributed by atoms with Crippen molar-refractivity contribution >= 4 is 64.9 Å². The molecule has 0 bridgehead atoms. The van der Waals surface area contributed by atoms with Crippen molar-refractivity contribution in [1.29, 1.82) is 0 Å². The number of nitrogens with zero attached hydrogens (tertiary/aromatic N) is 1. The summed E-state index contributed by atoms with van der Waals surface area (Å²) < 4.78 is 35.5. The lowest BCUT2D eigenvalue weighted by Crippen LogP contribution is -2.26. The van der Waals surface area contributed by atoms with Crippen molar-refractivity contribution < 1.29 is 13.2 Å². The molecule has 1 aliphatic rings. The average molecular weight is 580 g/mol. The van der Waals surface area contributed by atoms with Crippen LogP contribution >= 0.6 is 54.9 Å². The second-order valence-electron chi connectivity index (χ2n) is 7.93. The van der Waals surface area contributed by atoms with E-state index in [-0.39, 0.29) is 11.0 Å². The predicted molar refractivity (Wildman–Crippen MR) is 141 cm³/mol. The van der Waals surface area contributed by atoms with Crippen molar-refractivity contribution in [2.24, 2.45) is 0 Å². The molecule has 0 saturated carbocycles. The average Bonchev–Trinajstić information content (AvgIpc) is 3.19. The molecule has 1 N–H and O–H groups in total. The number of halogens is 4. The lowest BCUT2D eigenvalue weighted by atomic mass is 10.3. The summed E-state index contributed by atoms with van der Waals surface area (Å²) in [6.07, 6.45) is 0.833. The van der Waals surface area contributed by atoms with Gasteiger partial charge in [0.15, 0.2) is 0 Å². The molecule has 0 aliphatic carbocycles. The van der Waals surface area contributed by atoms with Gasteiger partial charge >= 0.3 is 0 Å². The molecule has 11 heteroatoms. The van der Waals surface area contributed by atoms with Gasteiger partial charge in [0.2, 0.25) is 10.0 Å². The molecule has 3 aromatic rings. The van der Waals surface area contributed by atoms with Gasteiger partial charge in [-0.2, -0.15) is 4.13 Å². The first-order valence-corrected chi connectivity index (χ1v) is 15.4. The standard InChI is InChI=1S/C23H22Cl4N2O3S2/c1-29-10-9-18(15-29)32-23-14-20(7-8-22(23)26)33(27,21-12-16(24)11-17(25)13-21)28-34(30,31)19-5-3-2-4-6-19/h2-8,11-14,18,28H,9-10,15H2,1H3/t18-/m1/s1. The van der Waals surface area contributed by atoms with Gasteiger partial charge in [-0.3, -0.25) is 0 Å². The number of likely N-dealkylation sites (tertiary alicyclic amines) is 1. The highest BCUT2D eigenvalue weighted by Gasteiger charge is 2.34. The van der Waals surface area contributed by atoms with Gasteiger partial charge in [0, 0.05) is 32.9 Å². The fraction of sp³-hybridized carbons (Fsp3) is 0.217. The maximum Gasteiger partial charge on any atom is 0.249 e. The van der Waals surface area contributed by atoms with Crippen LogP contribution in [0.2, 0.25) is 15.1 Å². The van der Waals surface area contributed by atoms with Crippen molar-refractivity contribution in [3.8, 4) is 5.75 Å². The monoisotopic (exact) mass is 578 g/mol. The summed E-state index contributed by atoms with van der Waals surface area (Å²) in [6, 6.07) is 17.8. The summed E-state index contributed by atoms with van der Waals surface area (Å²) in [7, 11) is 2.31. The maximum atomic E-state index is 13.3. The van der Waals surface area contributed by atoms with Gasteiger partial charge in [0.1, 0.15) is 11.9 Å². The number of hydrogen-bond acceptors (Lipinski definition) is 4. The van der Waals surface area contributed by atoms with Crippen LogP contribution in [0.4, 0.5) is 0 Å². The molecule has 3 aromatic carbocycles. The first kappa shape index (κ1) is 25.9. The Bertz CT molecular complexity index is 1270. The Kier molecular flexibility index (Phi) is 7.96. The van der Waals surface area contributed by atoms with E-state index in [1.165, 1.54) is 12.1 Å². The van der Waals surface area contributed by atoms with Gasteiger partial charge in [-0.15, -0.1) is 0 Å². The molecule has 4 rings (SSSR count). The fourth-order valence-corrected chi connectivity index (χ4v) is 10.0. The summed E-state index contributed by atoms with van der Waals surface area (Å²) >= 11 is 18.9. The van der Waals surface area contributed by atoms with Crippen LogP contribution < -0.4 is 8.86 Å². The molecule has 1 saturated heterocycles. The molecule has 0 radical (unpaired) electrons. The van der Waals surface area contributed by atoms with Crippen molar-refractivity contribution in [2.75, 3.05) is 20.1 Å². The number of ether oxygens (including phenoxy) is 1. The van der Waals surface area contributed by atoms with Crippen molar-refractivity contribution in [3.05, 3.63) is 81.8 Å². The Morgan fingerprint density at radius 3 is 2.21 bits per heavy atom. The van der Waals surface area contributed by atoms with Crippen molar-refractivity contribution in [3.63, 3.8) is 0 Å². The predicted octanol–water partition coefficient (Wildman–Crippen LogP) is 7.00. The van der Waals surface area contributed by atoms with Crippen LogP contribution in [0, 0.1) is 0 Å². The molecular weight excluding hydrogens is 558 g/mol. The second-order valence-corrected chi connectivity index (χ2v) is 14.8. The fourth-order valence-electron chi connectivity index (χ4n) is 3.64. The molecule has 1 unspecified atom stereocenters. The topological polar surface area (TPSA) is 58.6 Å². The van der Waals surface area contributed by atoms with Gasteiger partial charge in [0.05, 0.1) is 9.92 Å². The molecule has 0 aromatic heterocycles. The molecule has 0 amide bonds. The molecule has 0 spiro atoms. The van der Waals surface area contributed by atoms with Gasteiger partial charge in [-0.1, -0.05) is 53.0 Å². The summed E-state index contributed by atoms with van der Waals surface area (Å²) in [5.74, 6) is 0.434. The maximum absolute atomic E-state index is 13.3. The third kappa shape index (κ3) is 5.79. The highest BCUT2D eigenvalue weighted by molar-refractivity contribution is 8.52. The molecule has 2 atom stereocenters. The molecule has 1 fully saturated rings. The van der Waals surface area contributed by atoms with Crippen LogP contribution in [0.25, 0.3) is 0 Å². The van der Waals surface area contributed by atoms with E-state index in [4.69, 9.17) is 50.2 Å². The number of hydrogen-bond donors (Lipinski definition) is 1. The van der Waals surface area contributed by atoms with E-state index in [1.54, 1.807) is 54.6 Å². The number of nitrogens with one attached hydrogen (secondary N) is 1. The van der Waals surface area contributed by atoms with Crippen LogP contribution in [0.15, 0.2) is 81.4 Å². The quantitative estimate of drug-likeness (QED) is 0.327. The third-order valence-corrected chi connectivity index (χ3v) is 12.2. The van der Waals surface area contributed by atoms with E-state index in [0.717, 1.165) is 19.5 Å². The first-order chi connectivity index (χ1) is 16.1. The second kappa shape index (κ2) is 10.4. The van der Waals surface area contributed by atoms with E-state index in [9.17, 15) is 8.42 Å². The number of rotatable bonds is 7. The van der Waals surface area contributed by atoms with Gasteiger partial charge in [0.25, 0.3) is 0 Å². The van der Waals surface area contributed by atoms with Gasteiger partial charge in [-0.05, 0) is 82.1 Å². The van der Waals surface area contributed by atoms with Gasteiger partial charge < -0.3 is 9.64 Å². The molecular formula is C23H22Cl4N2O3S2. The molecule has 182 valence electrons. The van der Waals surface area contributed by atoms with Crippen molar-refractivity contribution in [2.45, 2.75) is 27.2 Å². The number of sulfonamides is 1. The Balaban J connectivity index is 1.81. The molecule has 5 nitrogen and oxygen atoms in total. The zero-order valence-corrected chi connectivity index (χ0v) is 22.7.